The summed E-state index contributed by atoms with van der Waals surface area (Å²) >= 11 is 4.88. The molecule has 7 heteroatoms. The Hall–Kier alpha value is -1.73. The van der Waals surface area contributed by atoms with Crippen LogP contribution in [0.3, 0.4) is 0 Å². The van der Waals surface area contributed by atoms with Crippen LogP contribution in [0.5, 0.6) is 0 Å². The molecule has 0 radical (unpaired) electrons. The Morgan fingerprint density at radius 3 is 3.00 bits per heavy atom. The number of fused-ring (bicyclic) bond motifs is 1. The Morgan fingerprint density at radius 1 is 1.27 bits per heavy atom. The van der Waals surface area contributed by atoms with E-state index in [0.29, 0.717) is 0 Å². The Balaban J connectivity index is 1.70. The minimum Gasteiger partial charge on any atom is -0.328 e. The van der Waals surface area contributed by atoms with Crippen molar-refractivity contribution in [3.63, 3.8) is 0 Å². The number of amides is 1. The number of pyridine rings is 1. The van der Waals surface area contributed by atoms with Gasteiger partial charge < -0.3 is 4.90 Å². The smallest absolute Gasteiger partial charge is 0.264 e. The lowest BCUT2D eigenvalue weighted by molar-refractivity contribution is 0.0734. The van der Waals surface area contributed by atoms with Crippen LogP contribution in [0.15, 0.2) is 40.3 Å². The van der Waals surface area contributed by atoms with Crippen molar-refractivity contribution in [2.45, 2.75) is 18.9 Å². The van der Waals surface area contributed by atoms with Gasteiger partial charge in [-0.05, 0) is 53.0 Å². The molecule has 4 heterocycles. The molecule has 5 nitrogen and oxygen atoms in total. The number of hydrogen-bond acceptors (Lipinski definition) is 4. The normalized spacial score (nSPS) is 18.2. The number of hydrogen-bond donors (Lipinski definition) is 0. The summed E-state index contributed by atoms with van der Waals surface area (Å²) in [7, 11) is 0. The summed E-state index contributed by atoms with van der Waals surface area (Å²) in [6.07, 6.45) is 3.87. The van der Waals surface area contributed by atoms with Gasteiger partial charge in [0.05, 0.1) is 14.7 Å². The van der Waals surface area contributed by atoms with Gasteiger partial charge in [0, 0.05) is 12.7 Å². The first-order valence-corrected chi connectivity index (χ1v) is 8.71. The number of carbonyl (C=O) groups is 1. The Labute approximate surface area is 139 Å². The van der Waals surface area contributed by atoms with Crippen molar-refractivity contribution in [3.05, 3.63) is 51.0 Å². The van der Waals surface area contributed by atoms with Gasteiger partial charge in [0.25, 0.3) is 5.91 Å². The van der Waals surface area contributed by atoms with E-state index in [0.717, 1.165) is 39.5 Å². The number of likely N-dealkylation sites (tertiary alicyclic amines) is 1. The quantitative estimate of drug-likeness (QED) is 0.687. The highest BCUT2D eigenvalue weighted by Gasteiger charge is 2.34. The van der Waals surface area contributed by atoms with Crippen LogP contribution in [0.25, 0.3) is 5.65 Å². The third kappa shape index (κ3) is 2.24. The average molecular weight is 377 g/mol. The number of rotatable bonds is 2. The molecule has 1 aliphatic heterocycles. The van der Waals surface area contributed by atoms with Crippen LogP contribution in [0.1, 0.15) is 34.4 Å². The summed E-state index contributed by atoms with van der Waals surface area (Å²) in [4.78, 5) is 15.4. The topological polar surface area (TPSA) is 50.5 Å². The minimum atomic E-state index is -0.00854. The molecule has 3 aromatic heterocycles. The molecule has 3 aromatic rings. The van der Waals surface area contributed by atoms with Crippen LogP contribution in [-0.2, 0) is 0 Å². The second-order valence-corrected chi connectivity index (χ2v) is 7.71. The van der Waals surface area contributed by atoms with E-state index in [1.807, 2.05) is 45.8 Å². The SMILES string of the molecule is O=C(c1ccc(Br)s1)N1CCC[C@H]1c1nnc2ccccn12. The maximum atomic E-state index is 12.8. The van der Waals surface area contributed by atoms with Gasteiger partial charge in [0.2, 0.25) is 0 Å². The zero-order chi connectivity index (χ0) is 15.1. The van der Waals surface area contributed by atoms with Gasteiger partial charge in [-0.25, -0.2) is 0 Å². The number of halogens is 1. The summed E-state index contributed by atoms with van der Waals surface area (Å²) in [5.41, 5.74) is 0.815. The predicted octanol–water partition coefficient (Wildman–Crippen LogP) is 3.53. The van der Waals surface area contributed by atoms with Crippen molar-refractivity contribution in [2.75, 3.05) is 6.54 Å². The first kappa shape index (κ1) is 13.9. The van der Waals surface area contributed by atoms with Gasteiger partial charge in [-0.3, -0.25) is 9.20 Å². The molecule has 0 saturated carbocycles. The fraction of sp³-hybridized carbons (Fsp3) is 0.267. The average Bonchev–Trinajstić information content (AvgIpc) is 3.24. The minimum absolute atomic E-state index is 0.00854. The summed E-state index contributed by atoms with van der Waals surface area (Å²) < 4.78 is 2.94. The van der Waals surface area contributed by atoms with Crippen molar-refractivity contribution in [1.82, 2.24) is 19.5 Å². The molecule has 1 atom stereocenters. The molecule has 0 bridgehead atoms. The van der Waals surface area contributed by atoms with E-state index in [-0.39, 0.29) is 11.9 Å². The molecule has 22 heavy (non-hydrogen) atoms. The summed E-state index contributed by atoms with van der Waals surface area (Å²) in [5.74, 6) is 0.919. The highest BCUT2D eigenvalue weighted by atomic mass is 79.9. The third-order valence-electron chi connectivity index (χ3n) is 3.94. The fourth-order valence-corrected chi connectivity index (χ4v) is 4.28. The molecule has 0 spiro atoms. The Morgan fingerprint density at radius 2 is 2.18 bits per heavy atom. The molecule has 112 valence electrons. The van der Waals surface area contributed by atoms with Gasteiger partial charge in [0.1, 0.15) is 0 Å². The zero-order valence-electron chi connectivity index (χ0n) is 11.6. The maximum absolute atomic E-state index is 12.8. The van der Waals surface area contributed by atoms with Crippen LogP contribution >= 0.6 is 27.3 Å². The largest absolute Gasteiger partial charge is 0.328 e. The summed E-state index contributed by atoms with van der Waals surface area (Å²) in [5, 5.41) is 8.53. The van der Waals surface area contributed by atoms with E-state index >= 15 is 0 Å². The molecular weight excluding hydrogens is 364 g/mol. The van der Waals surface area contributed by atoms with Crippen molar-refractivity contribution < 1.29 is 4.79 Å². The molecule has 1 aliphatic rings. The fourth-order valence-electron chi connectivity index (χ4n) is 2.94. The van der Waals surface area contributed by atoms with Crippen molar-refractivity contribution in [1.29, 1.82) is 0 Å². The molecule has 0 unspecified atom stereocenters. The number of thiophene rings is 1. The van der Waals surface area contributed by atoms with Crippen LogP contribution < -0.4 is 0 Å². The van der Waals surface area contributed by atoms with Crippen LogP contribution in [0.2, 0.25) is 0 Å². The third-order valence-corrected chi connectivity index (χ3v) is 5.55. The monoisotopic (exact) mass is 376 g/mol. The number of aromatic nitrogens is 3. The van der Waals surface area contributed by atoms with E-state index in [2.05, 4.69) is 26.1 Å². The number of nitrogens with zero attached hydrogens (tertiary/aromatic N) is 4. The first-order valence-electron chi connectivity index (χ1n) is 7.10. The molecule has 0 aliphatic carbocycles. The Bertz CT molecular complexity index is 843. The maximum Gasteiger partial charge on any atom is 0.264 e. The number of carbonyl (C=O) groups excluding carboxylic acids is 1. The Kier molecular flexibility index (Phi) is 3.46. The van der Waals surface area contributed by atoms with Gasteiger partial charge in [-0.1, -0.05) is 6.07 Å². The van der Waals surface area contributed by atoms with Crippen LogP contribution in [-0.4, -0.2) is 31.9 Å². The van der Waals surface area contributed by atoms with E-state index in [9.17, 15) is 4.79 Å². The molecular formula is C15H13BrN4OS. The van der Waals surface area contributed by atoms with Crippen molar-refractivity contribution in [3.8, 4) is 0 Å². The lowest BCUT2D eigenvalue weighted by atomic mass is 10.2. The van der Waals surface area contributed by atoms with E-state index < -0.39 is 0 Å². The summed E-state index contributed by atoms with van der Waals surface area (Å²) in [6.45, 7) is 0.765. The van der Waals surface area contributed by atoms with Gasteiger partial charge in [-0.15, -0.1) is 21.5 Å². The first-order chi connectivity index (χ1) is 10.7. The standard InChI is InChI=1S/C15H13BrN4OS/c16-12-7-6-11(22-12)15(21)19-9-3-4-10(19)14-18-17-13-5-1-2-8-20(13)14/h1-2,5-8,10H,3-4,9H2/t10-/m0/s1. The second-order valence-electron chi connectivity index (χ2n) is 5.25. The molecule has 1 saturated heterocycles. The van der Waals surface area contributed by atoms with Crippen molar-refractivity contribution >= 4 is 38.8 Å². The van der Waals surface area contributed by atoms with Gasteiger partial charge >= 0.3 is 0 Å². The predicted molar refractivity (Wildman–Crippen MR) is 88.0 cm³/mol. The highest BCUT2D eigenvalue weighted by Crippen LogP contribution is 2.34. The second kappa shape index (κ2) is 5.48. The van der Waals surface area contributed by atoms with Gasteiger partial charge in [-0.2, -0.15) is 0 Å². The molecule has 4 rings (SSSR count). The van der Waals surface area contributed by atoms with Crippen LogP contribution in [0.4, 0.5) is 0 Å². The highest BCUT2D eigenvalue weighted by molar-refractivity contribution is 9.11. The van der Waals surface area contributed by atoms with E-state index in [4.69, 9.17) is 0 Å². The molecule has 0 N–H and O–H groups in total. The van der Waals surface area contributed by atoms with Crippen molar-refractivity contribution in [2.24, 2.45) is 0 Å². The van der Waals surface area contributed by atoms with E-state index in [1.165, 1.54) is 11.3 Å². The molecule has 1 fully saturated rings. The lowest BCUT2D eigenvalue weighted by Crippen LogP contribution is -2.31. The molecule has 1 amide bonds. The van der Waals surface area contributed by atoms with Crippen LogP contribution in [0, 0.1) is 0 Å². The van der Waals surface area contributed by atoms with E-state index in [1.54, 1.807) is 0 Å². The van der Waals surface area contributed by atoms with Gasteiger partial charge in [0.15, 0.2) is 11.5 Å². The lowest BCUT2D eigenvalue weighted by Gasteiger charge is -2.22. The summed E-state index contributed by atoms with van der Waals surface area (Å²) in [6, 6.07) is 9.59. The molecule has 0 aromatic carbocycles. The zero-order valence-corrected chi connectivity index (χ0v) is 14.0.